The van der Waals surface area contributed by atoms with E-state index in [2.05, 4.69) is 15.0 Å². The van der Waals surface area contributed by atoms with Crippen LogP contribution in [0.2, 0.25) is 0 Å². The van der Waals surface area contributed by atoms with Crippen LogP contribution in [0.15, 0.2) is 24.5 Å². The summed E-state index contributed by atoms with van der Waals surface area (Å²) in [5.41, 5.74) is 2.90. The third-order valence-corrected chi connectivity index (χ3v) is 7.96. The summed E-state index contributed by atoms with van der Waals surface area (Å²) in [7, 11) is 1.53. The maximum absolute atomic E-state index is 14.7. The van der Waals surface area contributed by atoms with Gasteiger partial charge in [-0.05, 0) is 24.5 Å². The highest BCUT2D eigenvalue weighted by atomic mass is 32.1. The van der Waals surface area contributed by atoms with Crippen LogP contribution in [0.25, 0.3) is 11.4 Å². The van der Waals surface area contributed by atoms with Gasteiger partial charge in [-0.25, -0.2) is 14.1 Å². The van der Waals surface area contributed by atoms with Crippen molar-refractivity contribution in [3.05, 3.63) is 46.3 Å². The summed E-state index contributed by atoms with van der Waals surface area (Å²) in [6.45, 7) is 3.37. The number of amides is 1. The Morgan fingerprint density at radius 3 is 3.09 bits per heavy atom. The zero-order chi connectivity index (χ0) is 22.5. The maximum Gasteiger partial charge on any atom is 0.228 e. The number of halogens is 1. The second kappa shape index (κ2) is 8.11. The maximum atomic E-state index is 14.7. The van der Waals surface area contributed by atoms with Gasteiger partial charge < -0.3 is 19.3 Å². The number of carbonyl (C=O) groups excluding carboxylic acids is 1. The van der Waals surface area contributed by atoms with Crippen LogP contribution in [0.3, 0.4) is 0 Å². The van der Waals surface area contributed by atoms with Crippen LogP contribution < -0.4 is 9.64 Å². The van der Waals surface area contributed by atoms with Crippen LogP contribution in [0, 0.1) is 11.7 Å². The van der Waals surface area contributed by atoms with E-state index in [9.17, 15) is 9.18 Å². The molecule has 6 rings (SSSR count). The van der Waals surface area contributed by atoms with Gasteiger partial charge in [0.2, 0.25) is 5.91 Å². The highest BCUT2D eigenvalue weighted by Gasteiger charge is 2.36. The van der Waals surface area contributed by atoms with Gasteiger partial charge in [0.25, 0.3) is 0 Å². The number of fused-ring (bicyclic) bond motifs is 5. The first-order valence-corrected chi connectivity index (χ1v) is 11.9. The number of thiophene rings is 1. The van der Waals surface area contributed by atoms with E-state index in [0.717, 1.165) is 29.2 Å². The Kier molecular flexibility index (Phi) is 5.06. The summed E-state index contributed by atoms with van der Waals surface area (Å²) in [6.07, 6.45) is 3.14. The third kappa shape index (κ3) is 3.48. The number of nitrogens with zero attached hydrogens (tertiary/aromatic N) is 5. The fourth-order valence-electron chi connectivity index (χ4n) is 4.92. The molecule has 33 heavy (non-hydrogen) atoms. The van der Waals surface area contributed by atoms with Gasteiger partial charge in [-0.15, -0.1) is 11.3 Å². The number of ether oxygens (including phenoxy) is 2. The average Bonchev–Trinajstić information content (AvgIpc) is 3.58. The molecule has 3 aliphatic rings. The Labute approximate surface area is 194 Å². The lowest BCUT2D eigenvalue weighted by Gasteiger charge is -2.30. The van der Waals surface area contributed by atoms with Crippen molar-refractivity contribution in [3.8, 4) is 17.1 Å². The quantitative estimate of drug-likeness (QED) is 0.585. The van der Waals surface area contributed by atoms with Crippen LogP contribution in [0.5, 0.6) is 5.75 Å². The van der Waals surface area contributed by atoms with Crippen LogP contribution in [0.1, 0.15) is 22.4 Å². The van der Waals surface area contributed by atoms with Gasteiger partial charge >= 0.3 is 0 Å². The molecule has 0 bridgehead atoms. The molecule has 0 N–H and O–H groups in total. The Morgan fingerprint density at radius 1 is 1.39 bits per heavy atom. The molecule has 10 heteroatoms. The molecule has 1 atom stereocenters. The van der Waals surface area contributed by atoms with E-state index in [4.69, 9.17) is 9.47 Å². The summed E-state index contributed by atoms with van der Waals surface area (Å²) < 4.78 is 27.2. The summed E-state index contributed by atoms with van der Waals surface area (Å²) in [4.78, 5) is 22.8. The number of hydrogen-bond donors (Lipinski definition) is 0. The molecule has 8 nitrogen and oxygen atoms in total. The summed E-state index contributed by atoms with van der Waals surface area (Å²) in [5.74, 6) is 1.21. The molecule has 0 spiro atoms. The molecule has 3 aliphatic heterocycles. The van der Waals surface area contributed by atoms with Gasteiger partial charge in [0, 0.05) is 36.2 Å². The number of benzene rings is 1. The van der Waals surface area contributed by atoms with Crippen molar-refractivity contribution in [2.45, 2.75) is 32.6 Å². The topological polar surface area (TPSA) is 72.7 Å². The number of carbonyl (C=O) groups is 1. The molecule has 1 fully saturated rings. The predicted molar refractivity (Wildman–Crippen MR) is 121 cm³/mol. The molecule has 1 saturated heterocycles. The third-order valence-electron chi connectivity index (χ3n) is 6.68. The Morgan fingerprint density at radius 2 is 2.30 bits per heavy atom. The van der Waals surface area contributed by atoms with Gasteiger partial charge in [0.15, 0.2) is 5.82 Å². The second-order valence-electron chi connectivity index (χ2n) is 8.63. The van der Waals surface area contributed by atoms with E-state index >= 15 is 0 Å². The zero-order valence-electron chi connectivity index (χ0n) is 18.3. The first kappa shape index (κ1) is 20.6. The molecule has 5 heterocycles. The highest BCUT2D eigenvalue weighted by molar-refractivity contribution is 7.17. The number of aromatic nitrogens is 3. The molecule has 3 aromatic rings. The molecule has 0 aliphatic carbocycles. The largest absolute Gasteiger partial charge is 0.497 e. The van der Waals surface area contributed by atoms with E-state index in [0.29, 0.717) is 50.8 Å². The van der Waals surface area contributed by atoms with E-state index in [1.165, 1.54) is 23.6 Å². The zero-order valence-corrected chi connectivity index (χ0v) is 19.1. The molecular formula is C23H24FN5O3S. The normalized spacial score (nSPS) is 19.3. The Balaban J connectivity index is 1.33. The Hall–Kier alpha value is -2.98. The SMILES string of the molecule is COc1ccc(CN2Cn3ncnc3-c3c2sc2c3CCN(C(=O)C3CCOC3)C2)c(F)c1. The van der Waals surface area contributed by atoms with Crippen molar-refractivity contribution in [1.29, 1.82) is 0 Å². The first-order chi connectivity index (χ1) is 16.1. The fraction of sp³-hybridized carbons (Fsp3) is 0.435. The van der Waals surface area contributed by atoms with Crippen molar-refractivity contribution < 1.29 is 18.7 Å². The lowest BCUT2D eigenvalue weighted by molar-refractivity contribution is -0.136. The first-order valence-electron chi connectivity index (χ1n) is 11.1. The fourth-order valence-corrected chi connectivity index (χ4v) is 6.26. The molecule has 1 amide bonds. The highest BCUT2D eigenvalue weighted by Crippen LogP contribution is 2.47. The molecule has 2 aromatic heterocycles. The Bertz CT molecular complexity index is 1220. The lowest BCUT2D eigenvalue weighted by atomic mass is 9.99. The summed E-state index contributed by atoms with van der Waals surface area (Å²) in [6, 6.07) is 4.96. The van der Waals surface area contributed by atoms with E-state index in [-0.39, 0.29) is 17.6 Å². The van der Waals surface area contributed by atoms with Gasteiger partial charge in [0.05, 0.1) is 31.7 Å². The van der Waals surface area contributed by atoms with Crippen molar-refractivity contribution in [1.82, 2.24) is 19.7 Å². The second-order valence-corrected chi connectivity index (χ2v) is 9.72. The number of methoxy groups -OCH3 is 1. The minimum absolute atomic E-state index is 0.0289. The smallest absolute Gasteiger partial charge is 0.228 e. The van der Waals surface area contributed by atoms with Crippen LogP contribution in [-0.4, -0.2) is 52.4 Å². The predicted octanol–water partition coefficient (Wildman–Crippen LogP) is 3.05. The van der Waals surface area contributed by atoms with Gasteiger partial charge in [0.1, 0.15) is 29.6 Å². The molecule has 172 valence electrons. The standard InChI is InChI=1S/C23H24FN5O3S/c1-31-16-3-2-14(18(24)8-16)9-28-13-29-21(25-12-26-29)20-17-4-6-27(10-19(17)33-23(20)28)22(30)15-5-7-32-11-15/h2-3,8,12,15H,4-7,9-11,13H2,1H3. The van der Waals surface area contributed by atoms with Crippen LogP contribution in [-0.2, 0) is 35.7 Å². The van der Waals surface area contributed by atoms with Crippen molar-refractivity contribution in [2.75, 3.05) is 31.8 Å². The molecule has 1 aromatic carbocycles. The van der Waals surface area contributed by atoms with Gasteiger partial charge in [-0.3, -0.25) is 4.79 Å². The van der Waals surface area contributed by atoms with Crippen molar-refractivity contribution >= 4 is 22.2 Å². The molecule has 1 unspecified atom stereocenters. The van der Waals surface area contributed by atoms with E-state index in [1.54, 1.807) is 29.8 Å². The monoisotopic (exact) mass is 469 g/mol. The van der Waals surface area contributed by atoms with Crippen LogP contribution in [0.4, 0.5) is 9.39 Å². The summed E-state index contributed by atoms with van der Waals surface area (Å²) >= 11 is 1.68. The van der Waals surface area contributed by atoms with Gasteiger partial charge in [-0.2, -0.15) is 5.10 Å². The number of anilines is 1. The molecule has 0 saturated carbocycles. The average molecular weight is 470 g/mol. The van der Waals surface area contributed by atoms with E-state index < -0.39 is 0 Å². The summed E-state index contributed by atoms with van der Waals surface area (Å²) in [5, 5.41) is 5.46. The number of hydrogen-bond acceptors (Lipinski definition) is 7. The molecular weight excluding hydrogens is 445 g/mol. The number of rotatable bonds is 4. The van der Waals surface area contributed by atoms with Crippen LogP contribution >= 0.6 is 11.3 Å². The van der Waals surface area contributed by atoms with Gasteiger partial charge in [-0.1, -0.05) is 6.07 Å². The minimum atomic E-state index is -0.294. The molecule has 0 radical (unpaired) electrons. The van der Waals surface area contributed by atoms with Crippen molar-refractivity contribution in [3.63, 3.8) is 0 Å². The lowest BCUT2D eigenvalue weighted by Crippen LogP contribution is -2.39. The van der Waals surface area contributed by atoms with Crippen molar-refractivity contribution in [2.24, 2.45) is 5.92 Å². The van der Waals surface area contributed by atoms with E-state index in [1.807, 2.05) is 9.58 Å². The minimum Gasteiger partial charge on any atom is -0.497 e.